The topological polar surface area (TPSA) is 78.9 Å². The van der Waals surface area contributed by atoms with E-state index in [-0.39, 0.29) is 18.8 Å². The minimum absolute atomic E-state index is 0.267. The maximum atomic E-state index is 11.1. The second-order valence-corrected chi connectivity index (χ2v) is 16.4. The number of rotatable bonds is 27. The zero-order valence-electron chi connectivity index (χ0n) is 35.8. The van der Waals surface area contributed by atoms with E-state index in [0.29, 0.717) is 26.4 Å². The summed E-state index contributed by atoms with van der Waals surface area (Å²) in [5, 5.41) is 11.1. The Morgan fingerprint density at radius 1 is 0.483 bits per heavy atom. The van der Waals surface area contributed by atoms with Crippen LogP contribution in [0.25, 0.3) is 0 Å². The molecule has 2 heterocycles. The van der Waals surface area contributed by atoms with Gasteiger partial charge in [-0.2, -0.15) is 0 Å². The van der Waals surface area contributed by atoms with Crippen molar-refractivity contribution in [3.63, 3.8) is 0 Å². The van der Waals surface area contributed by atoms with Crippen LogP contribution in [0.15, 0.2) is 121 Å². The standard InChI is InChI=1S/C53H68O7/c1-2-3-4-5-6-7-8-9-10-11-12-25-34-46(54)50-47(60-50)35-36-48-51(56-38-43-28-19-14-20-29-43)53(58-40-45-32-23-16-24-33-45)52(57-39-44-30-21-15-22-31-44)49(59-48)41-55-37-42-26-17-13-18-27-42/h13-24,26-33,46-54H,2-12,25,34,37-41H2,1H3/t46-,47-,48-,49-,50-,51+,52+,53-/m1/s1. The van der Waals surface area contributed by atoms with Gasteiger partial charge in [0.2, 0.25) is 0 Å². The zero-order chi connectivity index (χ0) is 41.5. The second kappa shape index (κ2) is 26.5. The van der Waals surface area contributed by atoms with Crippen LogP contribution in [0.5, 0.6) is 0 Å². The van der Waals surface area contributed by atoms with Crippen LogP contribution in [0.3, 0.4) is 0 Å². The Bertz CT molecular complexity index is 1760. The van der Waals surface area contributed by atoms with E-state index in [0.717, 1.165) is 41.5 Å². The lowest BCUT2D eigenvalue weighted by Crippen LogP contribution is -2.60. The third-order valence-electron chi connectivity index (χ3n) is 11.5. The van der Waals surface area contributed by atoms with Gasteiger partial charge in [0, 0.05) is 0 Å². The Morgan fingerprint density at radius 2 is 0.900 bits per heavy atom. The summed E-state index contributed by atoms with van der Waals surface area (Å²) in [7, 11) is 0. The van der Waals surface area contributed by atoms with Gasteiger partial charge in [-0.3, -0.25) is 0 Å². The van der Waals surface area contributed by atoms with Crippen LogP contribution in [-0.2, 0) is 54.8 Å². The average molecular weight is 817 g/mol. The molecule has 2 aliphatic rings. The summed E-state index contributed by atoms with van der Waals surface area (Å²) in [6, 6.07) is 40.5. The van der Waals surface area contributed by atoms with Crippen LogP contribution < -0.4 is 0 Å². The fourth-order valence-electron chi connectivity index (χ4n) is 7.96. The van der Waals surface area contributed by atoms with Crippen molar-refractivity contribution in [1.29, 1.82) is 0 Å². The van der Waals surface area contributed by atoms with Crippen molar-refractivity contribution in [2.75, 3.05) is 6.61 Å². The fourth-order valence-corrected chi connectivity index (χ4v) is 7.96. The van der Waals surface area contributed by atoms with Crippen LogP contribution in [0.2, 0.25) is 0 Å². The van der Waals surface area contributed by atoms with Gasteiger partial charge in [-0.25, -0.2) is 0 Å². The molecule has 2 fully saturated rings. The molecule has 4 aromatic carbocycles. The first-order valence-corrected chi connectivity index (χ1v) is 22.8. The summed E-state index contributed by atoms with van der Waals surface area (Å²) < 4.78 is 39.6. The number of hydrogen-bond donors (Lipinski definition) is 1. The van der Waals surface area contributed by atoms with E-state index >= 15 is 0 Å². The predicted molar refractivity (Wildman–Crippen MR) is 238 cm³/mol. The Labute approximate surface area is 360 Å². The van der Waals surface area contributed by atoms with Crippen LogP contribution in [0.4, 0.5) is 0 Å². The van der Waals surface area contributed by atoms with E-state index in [9.17, 15) is 5.11 Å². The zero-order valence-corrected chi connectivity index (χ0v) is 35.8. The molecule has 0 saturated carbocycles. The molecule has 6 rings (SSSR count). The van der Waals surface area contributed by atoms with Crippen LogP contribution in [-0.4, -0.2) is 60.5 Å². The van der Waals surface area contributed by atoms with Gasteiger partial charge in [-0.05, 0) is 28.7 Å². The molecular weight excluding hydrogens is 749 g/mol. The predicted octanol–water partition coefficient (Wildman–Crippen LogP) is 10.9. The van der Waals surface area contributed by atoms with Gasteiger partial charge in [0.15, 0.2) is 0 Å². The Balaban J connectivity index is 1.13. The largest absolute Gasteiger partial charge is 0.390 e. The van der Waals surface area contributed by atoms with Gasteiger partial charge < -0.3 is 33.5 Å². The van der Waals surface area contributed by atoms with Gasteiger partial charge in [0.1, 0.15) is 42.7 Å². The van der Waals surface area contributed by atoms with Crippen molar-refractivity contribution in [2.45, 2.75) is 166 Å². The molecule has 4 aromatic rings. The van der Waals surface area contributed by atoms with E-state index in [2.05, 4.69) is 55.2 Å². The van der Waals surface area contributed by atoms with Crippen molar-refractivity contribution in [3.05, 3.63) is 144 Å². The van der Waals surface area contributed by atoms with E-state index < -0.39 is 36.6 Å². The highest BCUT2D eigenvalue weighted by atomic mass is 16.6. The first-order chi connectivity index (χ1) is 29.7. The molecule has 2 aliphatic heterocycles. The van der Waals surface area contributed by atoms with E-state index in [1.165, 1.54) is 64.2 Å². The number of benzene rings is 4. The number of aliphatic hydroxyl groups excluding tert-OH is 1. The molecule has 0 aliphatic carbocycles. The quantitative estimate of drug-likeness (QED) is 0.0365. The second-order valence-electron chi connectivity index (χ2n) is 16.4. The third kappa shape index (κ3) is 15.9. The molecule has 8 atom stereocenters. The Morgan fingerprint density at radius 3 is 1.40 bits per heavy atom. The SMILES string of the molecule is CCCCCCCCCCCCCC[C@@H](O)[C@H]1O[C@@H]1C#C[C@H]1O[C@H](COCc2ccccc2)[C@H](OCc2ccccc2)[C@H](OCc2ccccc2)[C@H]1OCc1ccccc1. The molecule has 0 amide bonds. The summed E-state index contributed by atoms with van der Waals surface area (Å²) in [5.74, 6) is 6.73. The van der Waals surface area contributed by atoms with Gasteiger partial charge in [0.05, 0.1) is 39.1 Å². The summed E-state index contributed by atoms with van der Waals surface area (Å²) in [6.07, 6.45) is 12.1. The fraction of sp³-hybridized carbons (Fsp3) is 0.509. The maximum Gasteiger partial charge on any atom is 0.147 e. The van der Waals surface area contributed by atoms with Crippen molar-refractivity contribution in [2.24, 2.45) is 0 Å². The third-order valence-corrected chi connectivity index (χ3v) is 11.5. The summed E-state index contributed by atoms with van der Waals surface area (Å²) in [5.41, 5.74) is 4.20. The number of unbranched alkanes of at least 4 members (excludes halogenated alkanes) is 11. The molecule has 7 heteroatoms. The highest BCUT2D eigenvalue weighted by Crippen LogP contribution is 2.32. The molecule has 1 N–H and O–H groups in total. The molecule has 322 valence electrons. The summed E-state index contributed by atoms with van der Waals surface area (Å²) in [4.78, 5) is 0. The first kappa shape index (κ1) is 45.7. The van der Waals surface area contributed by atoms with Crippen molar-refractivity contribution in [3.8, 4) is 11.8 Å². The first-order valence-electron chi connectivity index (χ1n) is 22.8. The molecule has 0 bridgehead atoms. The molecule has 0 unspecified atom stereocenters. The van der Waals surface area contributed by atoms with Gasteiger partial charge >= 0.3 is 0 Å². The van der Waals surface area contributed by atoms with Gasteiger partial charge in [-0.1, -0.05) is 217 Å². The number of ether oxygens (including phenoxy) is 6. The Hall–Kier alpha value is -3.84. The molecule has 60 heavy (non-hydrogen) atoms. The molecule has 0 aromatic heterocycles. The number of hydrogen-bond acceptors (Lipinski definition) is 7. The lowest BCUT2D eigenvalue weighted by atomic mass is 9.94. The smallest absolute Gasteiger partial charge is 0.147 e. The molecular formula is C53H68O7. The maximum absolute atomic E-state index is 11.1. The van der Waals surface area contributed by atoms with Crippen LogP contribution in [0, 0.1) is 11.8 Å². The summed E-state index contributed by atoms with van der Waals surface area (Å²) in [6.45, 7) is 4.04. The highest BCUT2D eigenvalue weighted by molar-refractivity contribution is 5.22. The normalized spacial score (nSPS) is 22.8. The van der Waals surface area contributed by atoms with Crippen LogP contribution in [0.1, 0.15) is 113 Å². The van der Waals surface area contributed by atoms with Crippen LogP contribution >= 0.6 is 0 Å². The number of aliphatic hydroxyl groups is 1. The summed E-state index contributed by atoms with van der Waals surface area (Å²) >= 11 is 0. The van der Waals surface area contributed by atoms with E-state index in [4.69, 9.17) is 28.4 Å². The van der Waals surface area contributed by atoms with E-state index in [1.807, 2.05) is 84.9 Å². The lowest BCUT2D eigenvalue weighted by Gasteiger charge is -2.45. The molecule has 7 nitrogen and oxygen atoms in total. The van der Waals surface area contributed by atoms with Gasteiger partial charge in [0.25, 0.3) is 0 Å². The molecule has 0 spiro atoms. The molecule has 0 radical (unpaired) electrons. The van der Waals surface area contributed by atoms with Crippen molar-refractivity contribution >= 4 is 0 Å². The van der Waals surface area contributed by atoms with Crippen molar-refractivity contribution < 1.29 is 33.5 Å². The minimum atomic E-state index is -0.672. The van der Waals surface area contributed by atoms with E-state index in [1.54, 1.807) is 0 Å². The minimum Gasteiger partial charge on any atom is -0.390 e. The monoisotopic (exact) mass is 816 g/mol. The highest BCUT2D eigenvalue weighted by Gasteiger charge is 2.49. The van der Waals surface area contributed by atoms with Crippen molar-refractivity contribution in [1.82, 2.24) is 0 Å². The lowest BCUT2D eigenvalue weighted by molar-refractivity contribution is -0.261. The number of epoxide rings is 1. The average Bonchev–Trinajstić information content (AvgIpc) is 4.08. The molecule has 2 saturated heterocycles. The Kier molecular flexibility index (Phi) is 20.2. The van der Waals surface area contributed by atoms with Gasteiger partial charge in [-0.15, -0.1) is 0 Å².